The van der Waals surface area contributed by atoms with Crippen LogP contribution in [0.4, 0.5) is 18.9 Å². The molecule has 0 aromatic heterocycles. The van der Waals surface area contributed by atoms with Gasteiger partial charge in [-0.2, -0.15) is 18.3 Å². The molecule has 1 aliphatic carbocycles. The predicted octanol–water partition coefficient (Wildman–Crippen LogP) is 1.93. The van der Waals surface area contributed by atoms with Crippen LogP contribution in [-0.2, 0) is 11.0 Å². The van der Waals surface area contributed by atoms with Crippen LogP contribution in [0.3, 0.4) is 0 Å². The van der Waals surface area contributed by atoms with Gasteiger partial charge < -0.3 is 9.80 Å². The lowest BCUT2D eigenvalue weighted by molar-refractivity contribution is -0.137. The van der Waals surface area contributed by atoms with Gasteiger partial charge in [-0.3, -0.25) is 4.79 Å². The van der Waals surface area contributed by atoms with Gasteiger partial charge in [0.1, 0.15) is 0 Å². The van der Waals surface area contributed by atoms with Crippen LogP contribution in [0.15, 0.2) is 23.3 Å². The van der Waals surface area contributed by atoms with E-state index in [1.165, 1.54) is 6.07 Å². The highest BCUT2D eigenvalue weighted by Gasteiger charge is 2.49. The second-order valence-electron chi connectivity index (χ2n) is 6.94. The lowest BCUT2D eigenvalue weighted by atomic mass is 9.99. The Labute approximate surface area is 143 Å². The summed E-state index contributed by atoms with van der Waals surface area (Å²) in [5.74, 6) is -0.331. The van der Waals surface area contributed by atoms with Gasteiger partial charge in [-0.1, -0.05) is 6.07 Å². The second kappa shape index (κ2) is 5.72. The number of piperazine rings is 1. The van der Waals surface area contributed by atoms with Gasteiger partial charge in [0.05, 0.1) is 11.3 Å². The number of benzene rings is 1. The number of halogens is 3. The second-order valence-corrected chi connectivity index (χ2v) is 6.94. The van der Waals surface area contributed by atoms with E-state index in [4.69, 9.17) is 0 Å². The fourth-order valence-electron chi connectivity index (χ4n) is 3.59. The molecule has 1 N–H and O–H groups in total. The summed E-state index contributed by atoms with van der Waals surface area (Å²) in [6.07, 6.45) is -3.78. The molecule has 1 aromatic rings. The van der Waals surface area contributed by atoms with Crippen molar-refractivity contribution in [2.75, 3.05) is 38.1 Å². The maximum atomic E-state index is 13.7. The van der Waals surface area contributed by atoms with Crippen LogP contribution in [0, 0.1) is 11.8 Å². The number of alkyl halides is 3. The SMILES string of the molecule is CN1CCN(c2ccc(C3=NNC(=O)C4CC34)cc2C(F)(F)F)CC1. The molecule has 1 amide bonds. The Kier molecular flexibility index (Phi) is 3.75. The topological polar surface area (TPSA) is 47.9 Å². The number of hydrogen-bond donors (Lipinski definition) is 1. The summed E-state index contributed by atoms with van der Waals surface area (Å²) in [5.41, 5.74) is 3.00. The Morgan fingerprint density at radius 1 is 1.16 bits per heavy atom. The number of fused-ring (bicyclic) bond motifs is 1. The number of rotatable bonds is 2. The van der Waals surface area contributed by atoms with Crippen LogP contribution >= 0.6 is 0 Å². The molecule has 1 aromatic carbocycles. The van der Waals surface area contributed by atoms with Gasteiger partial charge in [0.15, 0.2) is 0 Å². The minimum atomic E-state index is -4.43. The van der Waals surface area contributed by atoms with Crippen LogP contribution in [0.5, 0.6) is 0 Å². The molecule has 25 heavy (non-hydrogen) atoms. The molecule has 3 aliphatic rings. The first-order chi connectivity index (χ1) is 11.8. The molecular formula is C17H19F3N4O. The molecule has 134 valence electrons. The van der Waals surface area contributed by atoms with E-state index < -0.39 is 11.7 Å². The number of nitrogens with one attached hydrogen (secondary N) is 1. The molecule has 0 radical (unpaired) electrons. The summed E-state index contributed by atoms with van der Waals surface area (Å²) < 4.78 is 41.0. The maximum absolute atomic E-state index is 13.7. The fraction of sp³-hybridized carbons (Fsp3) is 0.529. The van der Waals surface area contributed by atoms with Gasteiger partial charge in [-0.05, 0) is 31.2 Å². The highest BCUT2D eigenvalue weighted by molar-refractivity contribution is 6.09. The number of amides is 1. The van der Waals surface area contributed by atoms with Crippen molar-refractivity contribution in [2.45, 2.75) is 12.6 Å². The summed E-state index contributed by atoms with van der Waals surface area (Å²) >= 11 is 0. The van der Waals surface area contributed by atoms with E-state index >= 15 is 0 Å². The van der Waals surface area contributed by atoms with Crippen LogP contribution in [0.1, 0.15) is 17.5 Å². The summed E-state index contributed by atoms with van der Waals surface area (Å²) in [4.78, 5) is 15.4. The van der Waals surface area contributed by atoms with Crippen molar-refractivity contribution >= 4 is 17.3 Å². The van der Waals surface area contributed by atoms with Crippen molar-refractivity contribution in [2.24, 2.45) is 16.9 Å². The number of carbonyl (C=O) groups is 1. The maximum Gasteiger partial charge on any atom is 0.418 e. The molecule has 1 saturated heterocycles. The smallest absolute Gasteiger partial charge is 0.368 e. The molecule has 2 heterocycles. The van der Waals surface area contributed by atoms with E-state index in [1.807, 2.05) is 7.05 Å². The third kappa shape index (κ3) is 2.99. The molecule has 8 heteroatoms. The van der Waals surface area contributed by atoms with Crippen LogP contribution < -0.4 is 10.3 Å². The normalized spacial score (nSPS) is 26.8. The average Bonchev–Trinajstić information content (AvgIpc) is 3.36. The van der Waals surface area contributed by atoms with Gasteiger partial charge in [-0.15, -0.1) is 0 Å². The minimum Gasteiger partial charge on any atom is -0.368 e. The summed E-state index contributed by atoms with van der Waals surface area (Å²) in [5, 5.41) is 4.01. The molecule has 0 bridgehead atoms. The van der Waals surface area contributed by atoms with Crippen molar-refractivity contribution < 1.29 is 18.0 Å². The lowest BCUT2D eigenvalue weighted by Gasteiger charge is -2.35. The Morgan fingerprint density at radius 2 is 1.88 bits per heavy atom. The molecule has 2 fully saturated rings. The first-order valence-corrected chi connectivity index (χ1v) is 8.37. The van der Waals surface area contributed by atoms with Crippen molar-refractivity contribution in [3.63, 3.8) is 0 Å². The van der Waals surface area contributed by atoms with Gasteiger partial charge >= 0.3 is 6.18 Å². The highest BCUT2D eigenvalue weighted by atomic mass is 19.4. The zero-order valence-electron chi connectivity index (χ0n) is 13.8. The first kappa shape index (κ1) is 16.4. The first-order valence-electron chi connectivity index (χ1n) is 8.37. The van der Waals surface area contributed by atoms with Crippen molar-refractivity contribution in [3.05, 3.63) is 29.3 Å². The number of anilines is 1. The van der Waals surface area contributed by atoms with Crippen LogP contribution in [0.2, 0.25) is 0 Å². The number of nitrogens with zero attached hydrogens (tertiary/aromatic N) is 3. The highest BCUT2D eigenvalue weighted by Crippen LogP contribution is 2.45. The summed E-state index contributed by atoms with van der Waals surface area (Å²) in [7, 11) is 1.96. The number of carbonyl (C=O) groups excluding carboxylic acids is 1. The number of hydrazone groups is 1. The molecule has 1 saturated carbocycles. The minimum absolute atomic E-state index is 0.0516. The largest absolute Gasteiger partial charge is 0.418 e. The Hall–Kier alpha value is -2.09. The lowest BCUT2D eigenvalue weighted by Crippen LogP contribution is -2.45. The third-order valence-electron chi connectivity index (χ3n) is 5.21. The van der Waals surface area contributed by atoms with Gasteiger partial charge in [0, 0.05) is 43.7 Å². The van der Waals surface area contributed by atoms with E-state index in [0.717, 1.165) is 13.1 Å². The van der Waals surface area contributed by atoms with E-state index in [0.29, 0.717) is 30.8 Å². The number of likely N-dealkylation sites (N-methyl/N-ethyl adjacent to an activating group) is 1. The Bertz CT molecular complexity index is 738. The molecule has 4 rings (SSSR count). The summed E-state index contributed by atoms with van der Waals surface area (Å²) in [6, 6.07) is 4.41. The number of hydrogen-bond acceptors (Lipinski definition) is 4. The standard InChI is InChI=1S/C17H19F3N4O/c1-23-4-6-24(7-5-23)14-3-2-10(8-13(14)17(18,19)20)15-11-9-12(11)16(25)22-21-15/h2-3,8,11-12H,4-7,9H2,1H3,(H,22,25). The Morgan fingerprint density at radius 3 is 2.56 bits per heavy atom. The quantitative estimate of drug-likeness (QED) is 0.885. The molecule has 0 spiro atoms. The molecule has 5 nitrogen and oxygen atoms in total. The third-order valence-corrected chi connectivity index (χ3v) is 5.21. The molecular weight excluding hydrogens is 333 g/mol. The van der Waals surface area contributed by atoms with Gasteiger partial charge in [-0.25, -0.2) is 5.43 Å². The molecule has 2 atom stereocenters. The Balaban J connectivity index is 1.69. The molecule has 2 aliphatic heterocycles. The van der Waals surface area contributed by atoms with Gasteiger partial charge in [0.25, 0.3) is 0 Å². The zero-order chi connectivity index (χ0) is 17.8. The van der Waals surface area contributed by atoms with Crippen LogP contribution in [0.25, 0.3) is 0 Å². The molecule has 2 unspecified atom stereocenters. The van der Waals surface area contributed by atoms with Crippen molar-refractivity contribution in [3.8, 4) is 0 Å². The van der Waals surface area contributed by atoms with E-state index in [1.54, 1.807) is 17.0 Å². The fourth-order valence-corrected chi connectivity index (χ4v) is 3.59. The summed E-state index contributed by atoms with van der Waals surface area (Å²) in [6.45, 7) is 2.62. The van der Waals surface area contributed by atoms with E-state index in [-0.39, 0.29) is 23.4 Å². The van der Waals surface area contributed by atoms with E-state index in [9.17, 15) is 18.0 Å². The van der Waals surface area contributed by atoms with Crippen molar-refractivity contribution in [1.29, 1.82) is 0 Å². The average molecular weight is 352 g/mol. The monoisotopic (exact) mass is 352 g/mol. The zero-order valence-corrected chi connectivity index (χ0v) is 13.8. The van der Waals surface area contributed by atoms with Crippen molar-refractivity contribution in [1.82, 2.24) is 10.3 Å². The van der Waals surface area contributed by atoms with Crippen LogP contribution in [-0.4, -0.2) is 49.7 Å². The van der Waals surface area contributed by atoms with Gasteiger partial charge in [0.2, 0.25) is 5.91 Å². The predicted molar refractivity (Wildman–Crippen MR) is 87.4 cm³/mol. The van der Waals surface area contributed by atoms with E-state index in [2.05, 4.69) is 15.4 Å².